The van der Waals surface area contributed by atoms with Crippen LogP contribution in [0.4, 0.5) is 0 Å². The first-order valence-electron chi connectivity index (χ1n) is 14.2. The number of unbranched alkanes of at least 4 members (excludes halogenated alkanes) is 1. The van der Waals surface area contributed by atoms with E-state index in [4.69, 9.17) is 4.74 Å². The maximum absolute atomic E-state index is 13.9. The molecule has 0 spiro atoms. The van der Waals surface area contributed by atoms with Crippen LogP contribution in [-0.4, -0.2) is 61.6 Å². The molecule has 0 unspecified atom stereocenters. The number of rotatable bonds is 14. The molecule has 0 aliphatic carbocycles. The fraction of sp³-hybridized carbons (Fsp3) is 0.344. The highest BCUT2D eigenvalue weighted by Crippen LogP contribution is 2.30. The topological polar surface area (TPSA) is 113 Å². The molecule has 1 heterocycles. The lowest BCUT2D eigenvalue weighted by atomic mass is 10.0. The molecule has 1 aliphatic heterocycles. The molecule has 0 saturated carbocycles. The highest BCUT2D eigenvalue weighted by molar-refractivity contribution is 7.90. The smallest absolute Gasteiger partial charge is 0.269 e. The van der Waals surface area contributed by atoms with E-state index in [-0.39, 0.29) is 48.2 Å². The lowest BCUT2D eigenvalue weighted by Gasteiger charge is -2.32. The number of sulfonamides is 1. The van der Waals surface area contributed by atoms with Gasteiger partial charge < -0.3 is 15.0 Å². The maximum atomic E-state index is 13.9. The van der Waals surface area contributed by atoms with Crippen LogP contribution in [-0.2, 0) is 32.6 Å². The number of carbonyl (C=O) groups is 3. The zero-order valence-corrected chi connectivity index (χ0v) is 24.8. The summed E-state index contributed by atoms with van der Waals surface area (Å²) in [5, 5.41) is 2.99. The molecular weight excluding hydrogens is 554 g/mol. The molecule has 10 heteroatoms. The third kappa shape index (κ3) is 7.17. The molecule has 4 rings (SSSR count). The molecule has 0 radical (unpaired) electrons. The minimum absolute atomic E-state index is 0.0207. The number of hydrogen-bond acceptors (Lipinski definition) is 6. The van der Waals surface area contributed by atoms with E-state index in [2.05, 4.69) is 5.32 Å². The van der Waals surface area contributed by atoms with E-state index in [1.807, 2.05) is 55.5 Å². The van der Waals surface area contributed by atoms with Crippen molar-refractivity contribution in [1.29, 1.82) is 0 Å². The number of benzene rings is 3. The largest absolute Gasteiger partial charge is 0.497 e. The molecule has 3 aromatic carbocycles. The summed E-state index contributed by atoms with van der Waals surface area (Å²) in [7, 11) is -2.41. The summed E-state index contributed by atoms with van der Waals surface area (Å²) < 4.78 is 32.1. The summed E-state index contributed by atoms with van der Waals surface area (Å²) in [4.78, 5) is 41.8. The summed E-state index contributed by atoms with van der Waals surface area (Å²) in [6.07, 6.45) is 2.10. The number of methoxy groups -OCH3 is 1. The van der Waals surface area contributed by atoms with E-state index in [9.17, 15) is 22.8 Å². The molecule has 42 heavy (non-hydrogen) atoms. The zero-order chi connectivity index (χ0) is 30.1. The minimum Gasteiger partial charge on any atom is -0.497 e. The SMILES string of the molecule is CCCCNC(=O)[C@H](Cc1ccccc1)N(Cc1cccc(OC)c1)C(=O)CCCN1C(=O)c2ccccc2S1(=O)=O. The van der Waals surface area contributed by atoms with Crippen LogP contribution in [0.15, 0.2) is 83.8 Å². The molecule has 1 atom stereocenters. The van der Waals surface area contributed by atoms with Crippen LogP contribution in [0.2, 0.25) is 0 Å². The van der Waals surface area contributed by atoms with Crippen molar-refractivity contribution in [1.82, 2.24) is 14.5 Å². The Balaban J connectivity index is 1.57. The summed E-state index contributed by atoms with van der Waals surface area (Å²) in [6.45, 7) is 2.55. The average molecular weight is 592 g/mol. The summed E-state index contributed by atoms with van der Waals surface area (Å²) in [5.74, 6) is -0.532. The molecule has 0 fully saturated rings. The van der Waals surface area contributed by atoms with Gasteiger partial charge >= 0.3 is 0 Å². The van der Waals surface area contributed by atoms with Crippen molar-refractivity contribution >= 4 is 27.7 Å². The molecule has 0 saturated heterocycles. The number of nitrogens with zero attached hydrogens (tertiary/aromatic N) is 2. The van der Waals surface area contributed by atoms with Crippen molar-refractivity contribution in [2.24, 2.45) is 0 Å². The van der Waals surface area contributed by atoms with Gasteiger partial charge in [0.15, 0.2) is 0 Å². The molecule has 3 amide bonds. The Kier molecular flexibility index (Phi) is 10.4. The number of nitrogens with one attached hydrogen (secondary N) is 1. The first kappa shape index (κ1) is 30.8. The molecule has 1 N–H and O–H groups in total. The average Bonchev–Trinajstić information content (AvgIpc) is 3.20. The van der Waals surface area contributed by atoms with Gasteiger partial charge in [-0.05, 0) is 48.2 Å². The fourth-order valence-electron chi connectivity index (χ4n) is 5.00. The van der Waals surface area contributed by atoms with Gasteiger partial charge in [-0.3, -0.25) is 14.4 Å². The van der Waals surface area contributed by atoms with Gasteiger partial charge in [0.25, 0.3) is 15.9 Å². The predicted octanol–water partition coefficient (Wildman–Crippen LogP) is 4.18. The standard InChI is InChI=1S/C32H37N3O6S/c1-3-4-19-33-31(37)28(22-24-12-6-5-7-13-24)34(23-25-14-10-15-26(21-25)41-2)30(36)18-11-20-35-32(38)27-16-8-9-17-29(27)42(35,39)40/h5-10,12-17,21,28H,3-4,11,18-20,22-23H2,1-2H3,(H,33,37)/t28-/m0/s1. The minimum atomic E-state index is -3.97. The monoisotopic (exact) mass is 591 g/mol. The number of carbonyl (C=O) groups excluding carboxylic acids is 3. The van der Waals surface area contributed by atoms with Gasteiger partial charge in [0.05, 0.1) is 12.7 Å². The Labute approximate surface area is 247 Å². The molecule has 3 aromatic rings. The van der Waals surface area contributed by atoms with Gasteiger partial charge in [-0.15, -0.1) is 0 Å². The Bertz CT molecular complexity index is 1510. The van der Waals surface area contributed by atoms with Crippen molar-refractivity contribution in [2.45, 2.75) is 56.5 Å². The molecule has 222 valence electrons. The van der Waals surface area contributed by atoms with Crippen LogP contribution >= 0.6 is 0 Å². The van der Waals surface area contributed by atoms with Gasteiger partial charge in [-0.1, -0.05) is 67.9 Å². The summed E-state index contributed by atoms with van der Waals surface area (Å²) in [5.41, 5.74) is 1.83. The lowest BCUT2D eigenvalue weighted by Crippen LogP contribution is -2.50. The summed E-state index contributed by atoms with van der Waals surface area (Å²) in [6, 6.07) is 22.1. The quantitative estimate of drug-likeness (QED) is 0.282. The van der Waals surface area contributed by atoms with Crippen LogP contribution in [0.5, 0.6) is 5.75 Å². The molecule has 1 aliphatic rings. The third-order valence-corrected chi connectivity index (χ3v) is 9.09. The highest BCUT2D eigenvalue weighted by Gasteiger charge is 2.40. The predicted molar refractivity (Wildman–Crippen MR) is 159 cm³/mol. The van der Waals surface area contributed by atoms with Crippen LogP contribution in [0.1, 0.15) is 54.1 Å². The van der Waals surface area contributed by atoms with Crippen LogP contribution in [0, 0.1) is 0 Å². The normalized spacial score (nSPS) is 14.2. The lowest BCUT2D eigenvalue weighted by molar-refractivity contribution is -0.141. The summed E-state index contributed by atoms with van der Waals surface area (Å²) >= 11 is 0. The molecular formula is C32H37N3O6S. The van der Waals surface area contributed by atoms with E-state index >= 15 is 0 Å². The van der Waals surface area contributed by atoms with Gasteiger partial charge in [0, 0.05) is 32.5 Å². The van der Waals surface area contributed by atoms with E-state index in [1.165, 1.54) is 12.1 Å². The van der Waals surface area contributed by atoms with Gasteiger partial charge in [0.1, 0.15) is 16.7 Å². The first-order valence-corrected chi connectivity index (χ1v) is 15.6. The molecule has 0 bridgehead atoms. The van der Waals surface area contributed by atoms with Crippen LogP contribution in [0.25, 0.3) is 0 Å². The first-order chi connectivity index (χ1) is 20.3. The molecule has 0 aromatic heterocycles. The Morgan fingerprint density at radius 2 is 1.67 bits per heavy atom. The maximum Gasteiger partial charge on any atom is 0.269 e. The van der Waals surface area contributed by atoms with Gasteiger partial charge in [0.2, 0.25) is 11.8 Å². The number of hydrogen-bond donors (Lipinski definition) is 1. The number of amides is 3. The zero-order valence-electron chi connectivity index (χ0n) is 24.0. The van der Waals surface area contributed by atoms with Gasteiger partial charge in [-0.25, -0.2) is 12.7 Å². The van der Waals surface area contributed by atoms with Crippen molar-refractivity contribution in [2.75, 3.05) is 20.2 Å². The van der Waals surface area contributed by atoms with Crippen molar-refractivity contribution in [3.8, 4) is 5.75 Å². The Hall–Kier alpha value is -4.18. The van der Waals surface area contributed by atoms with Gasteiger partial charge in [-0.2, -0.15) is 0 Å². The van der Waals surface area contributed by atoms with Crippen LogP contribution < -0.4 is 10.1 Å². The second-order valence-electron chi connectivity index (χ2n) is 10.2. The van der Waals surface area contributed by atoms with Crippen LogP contribution in [0.3, 0.4) is 0 Å². The number of fused-ring (bicyclic) bond motifs is 1. The second-order valence-corrected chi connectivity index (χ2v) is 12.0. The van der Waals surface area contributed by atoms with E-state index in [0.717, 1.165) is 28.3 Å². The molecule has 9 nitrogen and oxygen atoms in total. The van der Waals surface area contributed by atoms with Crippen molar-refractivity contribution < 1.29 is 27.5 Å². The van der Waals surface area contributed by atoms with E-state index in [0.29, 0.717) is 18.7 Å². The number of ether oxygens (including phenoxy) is 1. The van der Waals surface area contributed by atoms with E-state index < -0.39 is 22.0 Å². The second kappa shape index (κ2) is 14.1. The van der Waals surface area contributed by atoms with E-state index in [1.54, 1.807) is 30.2 Å². The third-order valence-electron chi connectivity index (χ3n) is 7.25. The Morgan fingerprint density at radius 1 is 0.952 bits per heavy atom. The van der Waals surface area contributed by atoms with Crippen molar-refractivity contribution in [3.63, 3.8) is 0 Å². The van der Waals surface area contributed by atoms with Crippen molar-refractivity contribution in [3.05, 3.63) is 95.6 Å². The highest BCUT2D eigenvalue weighted by atomic mass is 32.2. The fourth-order valence-corrected chi connectivity index (χ4v) is 6.60. The Morgan fingerprint density at radius 3 is 2.38 bits per heavy atom.